The number of hydrogen-bond acceptors (Lipinski definition) is 5. The predicted molar refractivity (Wildman–Crippen MR) is 123 cm³/mol. The number of carbonyl (C=O) groups excluding carboxylic acids is 2. The lowest BCUT2D eigenvalue weighted by molar-refractivity contribution is -0.139. The molecular formula is C23H26ClFN2O4S. The number of anilines is 1. The first-order chi connectivity index (χ1) is 15.1. The number of rotatable bonds is 6. The smallest absolute Gasteiger partial charge is 0.356 e. The summed E-state index contributed by atoms with van der Waals surface area (Å²) in [6.45, 7) is 7.38. The van der Waals surface area contributed by atoms with Gasteiger partial charge in [0.25, 0.3) is 5.91 Å². The Balaban J connectivity index is 1.71. The van der Waals surface area contributed by atoms with Gasteiger partial charge < -0.3 is 19.1 Å². The van der Waals surface area contributed by atoms with Gasteiger partial charge in [-0.15, -0.1) is 0 Å². The van der Waals surface area contributed by atoms with Gasteiger partial charge in [0.15, 0.2) is 10.7 Å². The van der Waals surface area contributed by atoms with Crippen LogP contribution in [0.1, 0.15) is 31.1 Å². The fraction of sp³-hybridized carbons (Fsp3) is 0.391. The van der Waals surface area contributed by atoms with Crippen LogP contribution in [0, 0.1) is 5.82 Å². The lowest BCUT2D eigenvalue weighted by Crippen LogP contribution is -2.60. The van der Waals surface area contributed by atoms with Crippen molar-refractivity contribution in [3.63, 3.8) is 0 Å². The van der Waals surface area contributed by atoms with Crippen molar-refractivity contribution in [2.75, 3.05) is 36.9 Å². The van der Waals surface area contributed by atoms with E-state index in [1.54, 1.807) is 11.8 Å². The number of piperazine rings is 1. The zero-order chi connectivity index (χ0) is 23.5. The SMILES string of the molecule is CCOC(=O)C[S+]([O-])c1ccc(C(=O)N2CCN(c3cccc(Cl)c3)C(C)(C)C2)cc1F. The summed E-state index contributed by atoms with van der Waals surface area (Å²) < 4.78 is 31.6. The molecule has 0 spiro atoms. The van der Waals surface area contributed by atoms with Gasteiger partial charge in [0.1, 0.15) is 0 Å². The van der Waals surface area contributed by atoms with Crippen LogP contribution < -0.4 is 4.90 Å². The van der Waals surface area contributed by atoms with E-state index >= 15 is 0 Å². The molecule has 1 fully saturated rings. The second kappa shape index (κ2) is 10.1. The van der Waals surface area contributed by atoms with Crippen LogP contribution in [0.4, 0.5) is 10.1 Å². The molecule has 1 saturated heterocycles. The fourth-order valence-electron chi connectivity index (χ4n) is 3.84. The highest BCUT2D eigenvalue weighted by Crippen LogP contribution is 2.30. The molecule has 9 heteroatoms. The Kier molecular flexibility index (Phi) is 7.69. The fourth-order valence-corrected chi connectivity index (χ4v) is 4.97. The second-order valence-electron chi connectivity index (χ2n) is 8.11. The summed E-state index contributed by atoms with van der Waals surface area (Å²) in [5, 5.41) is 0.646. The van der Waals surface area contributed by atoms with Gasteiger partial charge in [-0.05, 0) is 68.3 Å². The molecule has 0 radical (unpaired) electrons. The van der Waals surface area contributed by atoms with Gasteiger partial charge in [-0.1, -0.05) is 17.7 Å². The van der Waals surface area contributed by atoms with Crippen molar-refractivity contribution in [1.82, 2.24) is 4.90 Å². The normalized spacial score (nSPS) is 16.6. The molecule has 1 aliphatic rings. The zero-order valence-electron chi connectivity index (χ0n) is 18.3. The number of esters is 1. The molecule has 1 heterocycles. The maximum Gasteiger partial charge on any atom is 0.356 e. The minimum absolute atomic E-state index is 0.124. The van der Waals surface area contributed by atoms with Crippen LogP contribution in [-0.2, 0) is 20.7 Å². The predicted octanol–water partition coefficient (Wildman–Crippen LogP) is 3.89. The summed E-state index contributed by atoms with van der Waals surface area (Å²) in [5.74, 6) is -2.18. The first-order valence-electron chi connectivity index (χ1n) is 10.3. The average molecular weight is 481 g/mol. The number of nitrogens with zero attached hydrogens (tertiary/aromatic N) is 2. The van der Waals surface area contributed by atoms with Crippen molar-refractivity contribution in [3.05, 3.63) is 58.9 Å². The Morgan fingerprint density at radius 2 is 1.97 bits per heavy atom. The van der Waals surface area contributed by atoms with Crippen LogP contribution >= 0.6 is 11.6 Å². The molecule has 6 nitrogen and oxygen atoms in total. The first-order valence-corrected chi connectivity index (χ1v) is 12.0. The Hall–Kier alpha value is -2.29. The van der Waals surface area contributed by atoms with Gasteiger partial charge in [0, 0.05) is 35.9 Å². The molecule has 32 heavy (non-hydrogen) atoms. The van der Waals surface area contributed by atoms with E-state index < -0.39 is 28.7 Å². The molecule has 1 amide bonds. The molecule has 1 aliphatic heterocycles. The molecule has 3 rings (SSSR count). The van der Waals surface area contributed by atoms with Crippen molar-refractivity contribution < 1.29 is 23.3 Å². The number of benzene rings is 2. The van der Waals surface area contributed by atoms with Crippen molar-refractivity contribution in [2.24, 2.45) is 0 Å². The number of carbonyl (C=O) groups is 2. The van der Waals surface area contributed by atoms with E-state index in [9.17, 15) is 18.5 Å². The molecule has 1 atom stereocenters. The molecule has 2 aromatic carbocycles. The molecule has 0 aromatic heterocycles. The number of halogens is 2. The molecule has 0 aliphatic carbocycles. The van der Waals surface area contributed by atoms with Crippen molar-refractivity contribution >= 4 is 40.3 Å². The van der Waals surface area contributed by atoms with E-state index in [1.165, 1.54) is 12.1 Å². The Morgan fingerprint density at radius 3 is 2.59 bits per heavy atom. The van der Waals surface area contributed by atoms with Crippen molar-refractivity contribution in [2.45, 2.75) is 31.2 Å². The Bertz CT molecular complexity index is 1000. The third kappa shape index (κ3) is 5.54. The van der Waals surface area contributed by atoms with Crippen molar-refractivity contribution in [3.8, 4) is 0 Å². The molecule has 172 valence electrons. The van der Waals surface area contributed by atoms with Crippen LogP contribution in [0.3, 0.4) is 0 Å². The van der Waals surface area contributed by atoms with Crippen LogP contribution in [-0.4, -0.2) is 58.9 Å². The lowest BCUT2D eigenvalue weighted by Gasteiger charge is -2.48. The number of ether oxygens (including phenoxy) is 1. The van der Waals surface area contributed by atoms with Gasteiger partial charge in [0.2, 0.25) is 5.75 Å². The number of amides is 1. The second-order valence-corrected chi connectivity index (χ2v) is 9.97. The van der Waals surface area contributed by atoms with Crippen molar-refractivity contribution in [1.29, 1.82) is 0 Å². The topological polar surface area (TPSA) is 72.9 Å². The lowest BCUT2D eigenvalue weighted by atomic mass is 9.97. The summed E-state index contributed by atoms with van der Waals surface area (Å²) in [5.41, 5.74) is 0.790. The van der Waals surface area contributed by atoms with Gasteiger partial charge in [-0.25, -0.2) is 9.18 Å². The third-order valence-electron chi connectivity index (χ3n) is 5.29. The highest BCUT2D eigenvalue weighted by Gasteiger charge is 2.36. The highest BCUT2D eigenvalue weighted by atomic mass is 35.5. The molecule has 0 bridgehead atoms. The van der Waals surface area contributed by atoms with E-state index in [0.29, 0.717) is 24.7 Å². The van der Waals surface area contributed by atoms with Gasteiger partial charge in [0.05, 0.1) is 12.1 Å². The van der Waals surface area contributed by atoms with Gasteiger partial charge >= 0.3 is 5.97 Å². The van der Waals surface area contributed by atoms with E-state index in [-0.39, 0.29) is 28.5 Å². The highest BCUT2D eigenvalue weighted by molar-refractivity contribution is 7.92. The van der Waals surface area contributed by atoms with Gasteiger partial charge in [-0.2, -0.15) is 0 Å². The molecule has 2 aromatic rings. The Labute approximate surface area is 195 Å². The summed E-state index contributed by atoms with van der Waals surface area (Å²) in [6, 6.07) is 11.4. The van der Waals surface area contributed by atoms with Gasteiger partial charge in [-0.3, -0.25) is 4.79 Å². The quantitative estimate of drug-likeness (QED) is 0.463. The van der Waals surface area contributed by atoms with E-state index in [2.05, 4.69) is 4.90 Å². The molecule has 0 N–H and O–H groups in total. The van der Waals surface area contributed by atoms with Crippen LogP contribution in [0.5, 0.6) is 0 Å². The van der Waals surface area contributed by atoms with E-state index in [4.69, 9.17) is 16.3 Å². The molecule has 1 unspecified atom stereocenters. The number of hydrogen-bond donors (Lipinski definition) is 0. The maximum absolute atomic E-state index is 14.6. The maximum atomic E-state index is 14.6. The van der Waals surface area contributed by atoms with Crippen LogP contribution in [0.15, 0.2) is 47.4 Å². The largest absolute Gasteiger partial charge is 0.611 e. The van der Waals surface area contributed by atoms with Crippen LogP contribution in [0.25, 0.3) is 0 Å². The monoisotopic (exact) mass is 480 g/mol. The summed E-state index contributed by atoms with van der Waals surface area (Å²) in [7, 11) is 0. The van der Waals surface area contributed by atoms with E-state index in [0.717, 1.165) is 11.8 Å². The minimum Gasteiger partial charge on any atom is -0.611 e. The zero-order valence-corrected chi connectivity index (χ0v) is 19.8. The summed E-state index contributed by atoms with van der Waals surface area (Å²) in [4.78, 5) is 28.3. The molecule has 0 saturated carbocycles. The van der Waals surface area contributed by atoms with E-state index in [1.807, 2.05) is 38.1 Å². The Morgan fingerprint density at radius 1 is 1.22 bits per heavy atom. The first kappa shape index (κ1) is 24.4. The summed E-state index contributed by atoms with van der Waals surface area (Å²) in [6.07, 6.45) is 0. The minimum atomic E-state index is -1.89. The standard InChI is InChI=1S/C23H26ClFN2O4S/c1-4-31-21(28)14-32(30)20-9-8-16(12-19(20)25)22(29)26-10-11-27(23(2,3)15-26)18-7-5-6-17(24)13-18/h5-9,12-13H,4,10-11,14-15H2,1-3H3. The average Bonchev–Trinajstić information content (AvgIpc) is 2.72. The third-order valence-corrected chi connectivity index (χ3v) is 6.84. The van der Waals surface area contributed by atoms with Crippen LogP contribution in [0.2, 0.25) is 5.02 Å². The summed E-state index contributed by atoms with van der Waals surface area (Å²) >= 11 is 4.25. The molecular weight excluding hydrogens is 455 g/mol.